The number of nitrogens with zero attached hydrogens (tertiary/aromatic N) is 2. The van der Waals surface area contributed by atoms with Crippen molar-refractivity contribution in [1.29, 1.82) is 0 Å². The Morgan fingerprint density at radius 3 is 2.67 bits per heavy atom. The lowest BCUT2D eigenvalue weighted by atomic mass is 10.1. The van der Waals surface area contributed by atoms with Crippen molar-refractivity contribution in [2.24, 2.45) is 0 Å². The van der Waals surface area contributed by atoms with E-state index in [0.29, 0.717) is 31.4 Å². The number of ether oxygens (including phenoxy) is 1. The molecule has 0 unspecified atom stereocenters. The van der Waals surface area contributed by atoms with Crippen LogP contribution in [-0.2, 0) is 30.0 Å². The highest BCUT2D eigenvalue weighted by atomic mass is 16.5. The Hall–Kier alpha value is -2.86. The van der Waals surface area contributed by atoms with Crippen LogP contribution in [0.2, 0.25) is 0 Å². The van der Waals surface area contributed by atoms with Gasteiger partial charge in [-0.1, -0.05) is 24.3 Å². The van der Waals surface area contributed by atoms with Gasteiger partial charge in [-0.05, 0) is 62.9 Å². The molecule has 0 aliphatic heterocycles. The van der Waals surface area contributed by atoms with Crippen LogP contribution in [0.1, 0.15) is 72.6 Å². The van der Waals surface area contributed by atoms with Crippen LogP contribution >= 0.6 is 0 Å². The van der Waals surface area contributed by atoms with Crippen molar-refractivity contribution in [1.82, 2.24) is 15.1 Å². The summed E-state index contributed by atoms with van der Waals surface area (Å²) in [6.45, 7) is 7.59. The van der Waals surface area contributed by atoms with Crippen molar-refractivity contribution in [2.75, 3.05) is 0 Å². The predicted molar refractivity (Wildman–Crippen MR) is 114 cm³/mol. The highest BCUT2D eigenvalue weighted by molar-refractivity contribution is 5.92. The molecule has 2 heterocycles. The highest BCUT2D eigenvalue weighted by Gasteiger charge is 2.31. The number of hydrogen-bond donors (Lipinski definition) is 1. The topological polar surface area (TPSA) is 69.3 Å². The van der Waals surface area contributed by atoms with Crippen LogP contribution in [0.15, 0.2) is 53.1 Å². The molecule has 0 saturated heterocycles. The fraction of sp³-hybridized carbons (Fsp3) is 0.417. The molecule has 30 heavy (non-hydrogen) atoms. The molecular formula is C24H29N3O3. The lowest BCUT2D eigenvalue weighted by molar-refractivity contribution is 0.0926. The van der Waals surface area contributed by atoms with E-state index >= 15 is 0 Å². The minimum absolute atomic E-state index is 0.0937. The van der Waals surface area contributed by atoms with Gasteiger partial charge < -0.3 is 14.5 Å². The number of hydrogen-bond acceptors (Lipinski definition) is 4. The van der Waals surface area contributed by atoms with E-state index in [1.54, 1.807) is 6.26 Å². The molecule has 6 nitrogen and oxygen atoms in total. The van der Waals surface area contributed by atoms with Crippen molar-refractivity contribution in [2.45, 2.75) is 64.8 Å². The first-order chi connectivity index (χ1) is 14.4. The van der Waals surface area contributed by atoms with Gasteiger partial charge in [-0.3, -0.25) is 9.48 Å². The summed E-state index contributed by atoms with van der Waals surface area (Å²) in [5, 5.41) is 7.77. The van der Waals surface area contributed by atoms with E-state index < -0.39 is 0 Å². The minimum Gasteiger partial charge on any atom is -0.467 e. The SMILES string of the molecule is CC(C)(C)n1nc(C2CC2)cc1C(=O)NCc1cccc(COCc2ccco2)c1. The molecule has 1 aliphatic carbocycles. The van der Waals surface area contributed by atoms with Crippen molar-refractivity contribution in [3.8, 4) is 0 Å². The fourth-order valence-corrected chi connectivity index (χ4v) is 3.42. The second kappa shape index (κ2) is 8.48. The van der Waals surface area contributed by atoms with Gasteiger partial charge in [0.15, 0.2) is 0 Å². The number of carbonyl (C=O) groups excluding carboxylic acids is 1. The number of aromatic nitrogens is 2. The first kappa shape index (κ1) is 20.4. The second-order valence-electron chi connectivity index (χ2n) is 8.89. The maximum atomic E-state index is 12.9. The third-order valence-corrected chi connectivity index (χ3v) is 5.13. The van der Waals surface area contributed by atoms with Crippen LogP contribution < -0.4 is 5.32 Å². The van der Waals surface area contributed by atoms with Crippen molar-refractivity contribution in [3.05, 3.63) is 77.0 Å². The number of nitrogens with one attached hydrogen (secondary N) is 1. The van der Waals surface area contributed by atoms with E-state index in [9.17, 15) is 4.79 Å². The first-order valence-electron chi connectivity index (χ1n) is 10.5. The molecule has 1 aliphatic rings. The van der Waals surface area contributed by atoms with Gasteiger partial charge in [0.25, 0.3) is 5.91 Å². The van der Waals surface area contributed by atoms with Crippen LogP contribution in [0, 0.1) is 0 Å². The Labute approximate surface area is 177 Å². The van der Waals surface area contributed by atoms with E-state index in [-0.39, 0.29) is 11.4 Å². The molecule has 0 bridgehead atoms. The zero-order valence-electron chi connectivity index (χ0n) is 17.9. The van der Waals surface area contributed by atoms with Gasteiger partial charge in [0.2, 0.25) is 0 Å². The fourth-order valence-electron chi connectivity index (χ4n) is 3.42. The normalized spacial score (nSPS) is 14.1. The minimum atomic E-state index is -0.245. The van der Waals surface area contributed by atoms with E-state index in [1.807, 2.05) is 41.1 Å². The van der Waals surface area contributed by atoms with Crippen molar-refractivity contribution >= 4 is 5.91 Å². The third-order valence-electron chi connectivity index (χ3n) is 5.13. The van der Waals surface area contributed by atoms with E-state index in [1.165, 1.54) is 0 Å². The van der Waals surface area contributed by atoms with Gasteiger partial charge in [-0.25, -0.2) is 0 Å². The number of rotatable bonds is 8. The van der Waals surface area contributed by atoms with E-state index in [2.05, 4.69) is 32.2 Å². The maximum Gasteiger partial charge on any atom is 0.269 e. The standard InChI is InChI=1S/C24H29N3O3/c1-24(2,3)27-22(13-21(26-27)19-9-10-19)23(28)25-14-17-6-4-7-18(12-17)15-29-16-20-8-5-11-30-20/h4-8,11-13,19H,9-10,14-16H2,1-3H3,(H,25,28). The zero-order chi connectivity index (χ0) is 21.1. The van der Waals surface area contributed by atoms with Crippen LogP contribution in [0.3, 0.4) is 0 Å². The molecule has 1 N–H and O–H groups in total. The van der Waals surface area contributed by atoms with Gasteiger partial charge >= 0.3 is 0 Å². The summed E-state index contributed by atoms with van der Waals surface area (Å²) in [5.74, 6) is 1.22. The Morgan fingerprint density at radius 2 is 1.97 bits per heavy atom. The Morgan fingerprint density at radius 1 is 1.17 bits per heavy atom. The summed E-state index contributed by atoms with van der Waals surface area (Å²) in [6.07, 6.45) is 3.97. The average Bonchev–Trinajstić information content (AvgIpc) is 3.24. The van der Waals surface area contributed by atoms with Crippen LogP contribution in [0.4, 0.5) is 0 Å². The summed E-state index contributed by atoms with van der Waals surface area (Å²) in [5.41, 5.74) is 3.51. The summed E-state index contributed by atoms with van der Waals surface area (Å²) in [4.78, 5) is 12.9. The molecule has 2 aromatic heterocycles. The lowest BCUT2D eigenvalue weighted by Crippen LogP contribution is -2.32. The monoisotopic (exact) mass is 407 g/mol. The van der Waals surface area contributed by atoms with Crippen molar-refractivity contribution < 1.29 is 13.9 Å². The Kier molecular flexibility index (Phi) is 5.77. The molecule has 1 saturated carbocycles. The maximum absolute atomic E-state index is 12.9. The van der Waals surface area contributed by atoms with Gasteiger partial charge in [0.1, 0.15) is 18.1 Å². The molecule has 0 atom stereocenters. The summed E-state index contributed by atoms with van der Waals surface area (Å²) < 4.78 is 12.8. The molecule has 1 aromatic carbocycles. The zero-order valence-corrected chi connectivity index (χ0v) is 17.9. The smallest absolute Gasteiger partial charge is 0.269 e. The van der Waals surface area contributed by atoms with Crippen LogP contribution in [-0.4, -0.2) is 15.7 Å². The molecule has 1 fully saturated rings. The summed E-state index contributed by atoms with van der Waals surface area (Å²) >= 11 is 0. The molecule has 0 spiro atoms. The first-order valence-corrected chi connectivity index (χ1v) is 10.5. The van der Waals surface area contributed by atoms with Gasteiger partial charge in [0.05, 0.1) is 24.1 Å². The lowest BCUT2D eigenvalue weighted by Gasteiger charge is -2.22. The summed E-state index contributed by atoms with van der Waals surface area (Å²) in [6, 6.07) is 13.8. The van der Waals surface area contributed by atoms with E-state index in [4.69, 9.17) is 14.3 Å². The molecule has 6 heteroatoms. The van der Waals surface area contributed by atoms with Crippen LogP contribution in [0.25, 0.3) is 0 Å². The number of carbonyl (C=O) groups is 1. The van der Waals surface area contributed by atoms with Crippen LogP contribution in [0.5, 0.6) is 0 Å². The largest absolute Gasteiger partial charge is 0.467 e. The highest BCUT2D eigenvalue weighted by Crippen LogP contribution is 2.40. The molecule has 4 rings (SSSR count). The van der Waals surface area contributed by atoms with Gasteiger partial charge in [-0.2, -0.15) is 5.10 Å². The molecule has 1 amide bonds. The predicted octanol–water partition coefficient (Wildman–Crippen LogP) is 4.76. The third kappa shape index (κ3) is 5.00. The molecule has 3 aromatic rings. The Balaban J connectivity index is 1.37. The average molecular weight is 408 g/mol. The number of benzene rings is 1. The van der Waals surface area contributed by atoms with Crippen molar-refractivity contribution in [3.63, 3.8) is 0 Å². The van der Waals surface area contributed by atoms with Gasteiger partial charge in [0, 0.05) is 12.5 Å². The quantitative estimate of drug-likeness (QED) is 0.585. The van der Waals surface area contributed by atoms with Gasteiger partial charge in [-0.15, -0.1) is 0 Å². The number of furan rings is 1. The summed E-state index contributed by atoms with van der Waals surface area (Å²) in [7, 11) is 0. The van der Waals surface area contributed by atoms with E-state index in [0.717, 1.165) is 35.4 Å². The molecule has 0 radical (unpaired) electrons. The molecule has 158 valence electrons. The Bertz CT molecular complexity index is 995. The number of amides is 1. The molecular weight excluding hydrogens is 378 g/mol. The second-order valence-corrected chi connectivity index (χ2v) is 8.89.